The van der Waals surface area contributed by atoms with E-state index in [1.807, 2.05) is 6.92 Å². The van der Waals surface area contributed by atoms with Gasteiger partial charge in [-0.2, -0.15) is 0 Å². The number of esters is 2. The third-order valence-corrected chi connectivity index (χ3v) is 2.27. The quantitative estimate of drug-likeness (QED) is 0.315. The number of carbonyl (C=O) groups is 2. The molecular formula is C12H22CaO3. The van der Waals surface area contributed by atoms with E-state index in [1.54, 1.807) is 0 Å². The zero-order valence-electron chi connectivity index (χ0n) is 9.84. The van der Waals surface area contributed by atoms with Gasteiger partial charge in [0.1, 0.15) is 0 Å². The molecule has 0 rings (SSSR count). The Hall–Kier alpha value is 0.140. The monoisotopic (exact) mass is 254 g/mol. The van der Waals surface area contributed by atoms with E-state index in [0.29, 0.717) is 6.42 Å². The predicted octanol–water partition coefficient (Wildman–Crippen LogP) is 1.93. The van der Waals surface area contributed by atoms with Crippen molar-refractivity contribution < 1.29 is 14.3 Å². The summed E-state index contributed by atoms with van der Waals surface area (Å²) in [5.41, 5.74) is 0.258. The van der Waals surface area contributed by atoms with Crippen molar-refractivity contribution >= 4 is 49.7 Å². The van der Waals surface area contributed by atoms with Crippen molar-refractivity contribution in [2.24, 2.45) is 5.92 Å². The maximum absolute atomic E-state index is 11.5. The second kappa shape index (κ2) is 10.3. The molecule has 0 aromatic rings. The van der Waals surface area contributed by atoms with Crippen molar-refractivity contribution in [1.82, 2.24) is 0 Å². The fraction of sp³-hybridized carbons (Fsp3) is 0.667. The van der Waals surface area contributed by atoms with E-state index in [2.05, 4.69) is 18.2 Å². The summed E-state index contributed by atoms with van der Waals surface area (Å²) >= 11 is 0. The molecule has 0 fully saturated rings. The summed E-state index contributed by atoms with van der Waals surface area (Å²) in [5.74, 6) is -1.19. The van der Waals surface area contributed by atoms with Gasteiger partial charge < -0.3 is 4.74 Å². The average Bonchev–Trinajstić information content (AvgIpc) is 2.18. The van der Waals surface area contributed by atoms with Crippen LogP contribution < -0.4 is 0 Å². The summed E-state index contributed by atoms with van der Waals surface area (Å²) in [5, 5.41) is 0. The Labute approximate surface area is 128 Å². The number of unbranched alkanes of at least 4 members (excludes halogenated alkanes) is 1. The minimum absolute atomic E-state index is 0. The van der Waals surface area contributed by atoms with Gasteiger partial charge in [0.15, 0.2) is 0 Å². The molecule has 0 radical (unpaired) electrons. The first-order valence-electron chi connectivity index (χ1n) is 5.44. The third kappa shape index (κ3) is 7.42. The number of rotatable bonds is 6. The summed E-state index contributed by atoms with van der Waals surface area (Å²) in [6.45, 7) is 8.95. The third-order valence-electron chi connectivity index (χ3n) is 2.27. The van der Waals surface area contributed by atoms with Crippen molar-refractivity contribution in [2.75, 3.05) is 0 Å². The van der Waals surface area contributed by atoms with Crippen LogP contribution in [0.25, 0.3) is 0 Å². The summed E-state index contributed by atoms with van der Waals surface area (Å²) < 4.78 is 4.68. The van der Waals surface area contributed by atoms with Gasteiger partial charge in [0.25, 0.3) is 0 Å². The van der Waals surface area contributed by atoms with Crippen LogP contribution in [0.5, 0.6) is 0 Å². The molecule has 0 aromatic carbocycles. The van der Waals surface area contributed by atoms with Crippen molar-refractivity contribution in [3.63, 3.8) is 0 Å². The molecule has 16 heavy (non-hydrogen) atoms. The molecular weight excluding hydrogens is 232 g/mol. The van der Waals surface area contributed by atoms with Crippen LogP contribution in [0.15, 0.2) is 12.2 Å². The molecule has 1 unspecified atom stereocenters. The van der Waals surface area contributed by atoms with Crippen LogP contribution in [0, 0.1) is 5.92 Å². The van der Waals surface area contributed by atoms with Gasteiger partial charge in [-0.1, -0.05) is 33.3 Å². The topological polar surface area (TPSA) is 43.4 Å². The molecule has 3 nitrogen and oxygen atoms in total. The fourth-order valence-electron chi connectivity index (χ4n) is 1.20. The number of hydrogen-bond acceptors (Lipinski definition) is 3. The van der Waals surface area contributed by atoms with E-state index >= 15 is 0 Å². The van der Waals surface area contributed by atoms with Gasteiger partial charge in [-0.05, 0) is 19.8 Å². The molecule has 0 spiro atoms. The number of ether oxygens (including phenoxy) is 1. The van der Waals surface area contributed by atoms with Crippen LogP contribution in [0.1, 0.15) is 46.5 Å². The first kappa shape index (κ1) is 18.5. The number of carbonyl (C=O) groups excluding carboxylic acids is 2. The first-order chi connectivity index (χ1) is 7.02. The first-order valence-corrected chi connectivity index (χ1v) is 5.44. The summed E-state index contributed by atoms with van der Waals surface area (Å²) in [4.78, 5) is 22.6. The average molecular weight is 254 g/mol. The maximum atomic E-state index is 11.5. The van der Waals surface area contributed by atoms with Gasteiger partial charge in [-0.3, -0.25) is 4.79 Å². The molecule has 0 aliphatic rings. The Morgan fingerprint density at radius 1 is 1.31 bits per heavy atom. The molecule has 0 aliphatic carbocycles. The standard InChI is InChI=1S/C12H20O3.Ca.2H/c1-5-7-8-10(6-2)12(14)15-11(13)9(3)4;;;/h10H,3,5-8H2,1-2,4H3;;;. The van der Waals surface area contributed by atoms with Gasteiger partial charge in [0.2, 0.25) is 0 Å². The fourth-order valence-corrected chi connectivity index (χ4v) is 1.20. The Kier molecular flexibility index (Phi) is 11.9. The molecule has 0 N–H and O–H groups in total. The zero-order valence-corrected chi connectivity index (χ0v) is 9.84. The molecule has 4 heteroatoms. The molecule has 0 saturated carbocycles. The molecule has 0 amide bonds. The SMILES string of the molecule is C=C(C)C(=O)OC(=O)C(CC)CCCC.[CaH2]. The summed E-state index contributed by atoms with van der Waals surface area (Å²) in [6, 6.07) is 0. The van der Waals surface area contributed by atoms with Crippen LogP contribution >= 0.6 is 0 Å². The Balaban J connectivity index is 0. The van der Waals surface area contributed by atoms with Crippen molar-refractivity contribution in [3.05, 3.63) is 12.2 Å². The Bertz CT molecular complexity index is 249. The van der Waals surface area contributed by atoms with Gasteiger partial charge in [0, 0.05) is 5.57 Å². The van der Waals surface area contributed by atoms with Gasteiger partial charge in [-0.15, -0.1) is 0 Å². The van der Waals surface area contributed by atoms with E-state index in [0.717, 1.165) is 19.3 Å². The summed E-state index contributed by atoms with van der Waals surface area (Å²) in [7, 11) is 0. The van der Waals surface area contributed by atoms with Crippen molar-refractivity contribution in [2.45, 2.75) is 46.5 Å². The van der Waals surface area contributed by atoms with E-state index in [9.17, 15) is 9.59 Å². The van der Waals surface area contributed by atoms with Crippen molar-refractivity contribution in [1.29, 1.82) is 0 Å². The second-order valence-corrected chi connectivity index (χ2v) is 3.74. The Morgan fingerprint density at radius 2 is 1.88 bits per heavy atom. The molecule has 0 aromatic heterocycles. The molecule has 90 valence electrons. The van der Waals surface area contributed by atoms with E-state index in [4.69, 9.17) is 0 Å². The molecule has 1 atom stereocenters. The van der Waals surface area contributed by atoms with Gasteiger partial charge in [-0.25, -0.2) is 4.79 Å². The molecule has 0 saturated heterocycles. The minimum atomic E-state index is -0.616. The second-order valence-electron chi connectivity index (χ2n) is 3.74. The zero-order chi connectivity index (χ0) is 11.8. The number of hydrogen-bond donors (Lipinski definition) is 0. The van der Waals surface area contributed by atoms with Crippen LogP contribution in [0.4, 0.5) is 0 Å². The molecule has 0 bridgehead atoms. The van der Waals surface area contributed by atoms with Crippen molar-refractivity contribution in [3.8, 4) is 0 Å². The van der Waals surface area contributed by atoms with Crippen LogP contribution in [0.3, 0.4) is 0 Å². The van der Waals surface area contributed by atoms with E-state index < -0.39 is 11.9 Å². The summed E-state index contributed by atoms with van der Waals surface area (Å²) in [6.07, 6.45) is 3.52. The van der Waals surface area contributed by atoms with Gasteiger partial charge >= 0.3 is 49.7 Å². The van der Waals surface area contributed by atoms with Crippen LogP contribution in [0.2, 0.25) is 0 Å². The normalized spacial score (nSPS) is 11.2. The van der Waals surface area contributed by atoms with Gasteiger partial charge in [0.05, 0.1) is 5.92 Å². The molecule has 0 aliphatic heterocycles. The molecule has 0 heterocycles. The van der Waals surface area contributed by atoms with Crippen LogP contribution in [-0.2, 0) is 14.3 Å². The van der Waals surface area contributed by atoms with E-state index in [1.165, 1.54) is 6.92 Å². The predicted molar refractivity (Wildman–Crippen MR) is 67.8 cm³/mol. The van der Waals surface area contributed by atoms with Crippen LogP contribution in [-0.4, -0.2) is 49.7 Å². The Morgan fingerprint density at radius 3 is 2.25 bits per heavy atom. The van der Waals surface area contributed by atoms with E-state index in [-0.39, 0.29) is 49.2 Å².